The van der Waals surface area contributed by atoms with Gasteiger partial charge in [-0.25, -0.2) is 0 Å². The van der Waals surface area contributed by atoms with Gasteiger partial charge >= 0.3 is 0 Å². The molecule has 2 heterocycles. The highest BCUT2D eigenvalue weighted by atomic mass is 79.9. The number of halogens is 1. The monoisotopic (exact) mass is 379 g/mol. The largest absolute Gasteiger partial charge is 0.350 e. The molecule has 2 aliphatic heterocycles. The van der Waals surface area contributed by atoms with Crippen LogP contribution in [0.1, 0.15) is 31.2 Å². The molecule has 0 aromatic heterocycles. The summed E-state index contributed by atoms with van der Waals surface area (Å²) in [6.45, 7) is 3.06. The predicted octanol–water partition coefficient (Wildman–Crippen LogP) is 3.09. The minimum absolute atomic E-state index is 0.0476. The lowest BCUT2D eigenvalue weighted by Gasteiger charge is -2.36. The van der Waals surface area contributed by atoms with E-state index in [1.54, 1.807) is 0 Å². The normalized spacial score (nSPS) is 24.8. The van der Waals surface area contributed by atoms with E-state index in [0.29, 0.717) is 25.0 Å². The van der Waals surface area contributed by atoms with E-state index in [-0.39, 0.29) is 11.7 Å². The fourth-order valence-corrected chi connectivity index (χ4v) is 4.11. The smallest absolute Gasteiger partial charge is 0.233 e. The molecule has 1 amide bonds. The van der Waals surface area contributed by atoms with Crippen molar-refractivity contribution in [3.63, 3.8) is 0 Å². The van der Waals surface area contributed by atoms with E-state index in [1.807, 2.05) is 12.1 Å². The second-order valence-electron chi connectivity index (χ2n) is 6.83. The van der Waals surface area contributed by atoms with Gasteiger partial charge in [0.1, 0.15) is 0 Å². The molecule has 2 saturated heterocycles. The van der Waals surface area contributed by atoms with Crippen molar-refractivity contribution in [2.24, 2.45) is 5.92 Å². The van der Waals surface area contributed by atoms with Gasteiger partial charge in [-0.05, 0) is 43.4 Å². The van der Waals surface area contributed by atoms with E-state index in [9.17, 15) is 4.79 Å². The maximum absolute atomic E-state index is 13.0. The third-order valence-electron chi connectivity index (χ3n) is 5.42. The Morgan fingerprint density at radius 1 is 1.09 bits per heavy atom. The average Bonchev–Trinajstić information content (AvgIpc) is 3.21. The fourth-order valence-electron chi connectivity index (χ4n) is 3.85. The molecule has 23 heavy (non-hydrogen) atoms. The summed E-state index contributed by atoms with van der Waals surface area (Å²) >= 11 is 3.47. The van der Waals surface area contributed by atoms with Crippen LogP contribution in [0.25, 0.3) is 0 Å². The van der Waals surface area contributed by atoms with Crippen molar-refractivity contribution in [3.8, 4) is 0 Å². The number of likely N-dealkylation sites (tertiary alicyclic amines) is 1. The molecule has 0 spiro atoms. The number of benzene rings is 1. The maximum atomic E-state index is 13.0. The molecule has 0 radical (unpaired) electrons. The van der Waals surface area contributed by atoms with E-state index in [0.717, 1.165) is 48.8 Å². The van der Waals surface area contributed by atoms with E-state index in [4.69, 9.17) is 9.47 Å². The molecular formula is C18H22BrNO3. The minimum atomic E-state index is -0.256. The molecule has 124 valence electrons. The molecule has 3 fully saturated rings. The zero-order valence-corrected chi connectivity index (χ0v) is 14.8. The molecule has 1 saturated carbocycles. The van der Waals surface area contributed by atoms with Gasteiger partial charge in [-0.2, -0.15) is 0 Å². The van der Waals surface area contributed by atoms with Crippen LogP contribution in [0.2, 0.25) is 0 Å². The first kappa shape index (κ1) is 15.6. The Morgan fingerprint density at radius 3 is 2.26 bits per heavy atom. The summed E-state index contributed by atoms with van der Waals surface area (Å²) in [7, 11) is 0. The third-order valence-corrected chi connectivity index (χ3v) is 5.94. The van der Waals surface area contributed by atoms with Crippen molar-refractivity contribution in [2.45, 2.75) is 37.4 Å². The fraction of sp³-hybridized carbons (Fsp3) is 0.611. The van der Waals surface area contributed by atoms with Gasteiger partial charge in [0, 0.05) is 23.5 Å². The average molecular weight is 380 g/mol. The van der Waals surface area contributed by atoms with Gasteiger partial charge in [0.25, 0.3) is 0 Å². The second kappa shape index (κ2) is 6.19. The topological polar surface area (TPSA) is 38.8 Å². The molecule has 4 rings (SSSR count). The Kier molecular flexibility index (Phi) is 4.20. The van der Waals surface area contributed by atoms with Crippen molar-refractivity contribution >= 4 is 21.8 Å². The molecular weight excluding hydrogens is 358 g/mol. The van der Waals surface area contributed by atoms with Crippen LogP contribution >= 0.6 is 15.9 Å². The molecule has 1 aromatic carbocycles. The zero-order valence-electron chi connectivity index (χ0n) is 13.2. The maximum Gasteiger partial charge on any atom is 0.233 e. The van der Waals surface area contributed by atoms with Crippen molar-refractivity contribution in [3.05, 3.63) is 34.3 Å². The Hall–Kier alpha value is -0.910. The van der Waals surface area contributed by atoms with Gasteiger partial charge in [-0.3, -0.25) is 4.79 Å². The summed E-state index contributed by atoms with van der Waals surface area (Å²) in [6.07, 6.45) is 3.86. The van der Waals surface area contributed by atoms with Gasteiger partial charge in [-0.1, -0.05) is 28.1 Å². The van der Waals surface area contributed by atoms with Crippen LogP contribution in [-0.2, 0) is 19.7 Å². The van der Waals surface area contributed by atoms with Gasteiger partial charge in [0.15, 0.2) is 6.29 Å². The lowest BCUT2D eigenvalue weighted by atomic mass is 9.91. The number of rotatable bonds is 3. The first-order valence-corrected chi connectivity index (χ1v) is 9.27. The first-order chi connectivity index (χ1) is 11.2. The van der Waals surface area contributed by atoms with E-state index < -0.39 is 0 Å². The Morgan fingerprint density at radius 2 is 1.70 bits per heavy atom. The highest BCUT2D eigenvalue weighted by Crippen LogP contribution is 2.50. The zero-order chi connectivity index (χ0) is 15.9. The van der Waals surface area contributed by atoms with Crippen LogP contribution in [0, 0.1) is 5.92 Å². The quantitative estimate of drug-likeness (QED) is 0.809. The first-order valence-electron chi connectivity index (χ1n) is 8.48. The summed E-state index contributed by atoms with van der Waals surface area (Å²) in [4.78, 5) is 15.1. The summed E-state index contributed by atoms with van der Waals surface area (Å²) in [5.74, 6) is 0.746. The number of ether oxygens (including phenoxy) is 2. The number of hydrogen-bond acceptors (Lipinski definition) is 3. The number of amides is 1. The SMILES string of the molecule is O=C(N1CCC(C2OCCO2)CC1)C1(c2ccc(Br)cc2)CC1. The predicted molar refractivity (Wildman–Crippen MR) is 90.1 cm³/mol. The number of carbonyl (C=O) groups is 1. The van der Waals surface area contributed by atoms with Gasteiger partial charge in [0.05, 0.1) is 18.6 Å². The molecule has 5 heteroatoms. The van der Waals surface area contributed by atoms with Gasteiger partial charge in [0.2, 0.25) is 5.91 Å². The van der Waals surface area contributed by atoms with E-state index in [2.05, 4.69) is 33.0 Å². The molecule has 0 unspecified atom stereocenters. The van der Waals surface area contributed by atoms with Crippen LogP contribution < -0.4 is 0 Å². The van der Waals surface area contributed by atoms with Gasteiger partial charge < -0.3 is 14.4 Å². The van der Waals surface area contributed by atoms with Crippen molar-refractivity contribution < 1.29 is 14.3 Å². The molecule has 1 aromatic rings. The van der Waals surface area contributed by atoms with Gasteiger partial charge in [-0.15, -0.1) is 0 Å². The van der Waals surface area contributed by atoms with Crippen LogP contribution in [0.15, 0.2) is 28.7 Å². The second-order valence-corrected chi connectivity index (χ2v) is 7.74. The lowest BCUT2D eigenvalue weighted by Crippen LogP contribution is -2.45. The molecule has 1 aliphatic carbocycles. The standard InChI is InChI=1S/C18H22BrNO3/c19-15-3-1-14(2-4-15)18(7-8-18)17(21)20-9-5-13(6-10-20)16-22-11-12-23-16/h1-4,13,16H,5-12H2. The van der Waals surface area contributed by atoms with Crippen LogP contribution in [0.5, 0.6) is 0 Å². The molecule has 0 bridgehead atoms. The number of hydrogen-bond donors (Lipinski definition) is 0. The number of piperidine rings is 1. The molecule has 4 nitrogen and oxygen atoms in total. The van der Waals surface area contributed by atoms with E-state index >= 15 is 0 Å². The minimum Gasteiger partial charge on any atom is -0.350 e. The van der Waals surface area contributed by atoms with Crippen LogP contribution in [-0.4, -0.2) is 43.4 Å². The van der Waals surface area contributed by atoms with Crippen LogP contribution in [0.3, 0.4) is 0 Å². The summed E-state index contributed by atoms with van der Waals surface area (Å²) in [5, 5.41) is 0. The molecule has 3 aliphatic rings. The number of carbonyl (C=O) groups excluding carboxylic acids is 1. The molecule has 0 N–H and O–H groups in total. The van der Waals surface area contributed by atoms with Crippen molar-refractivity contribution in [1.29, 1.82) is 0 Å². The third kappa shape index (κ3) is 2.94. The highest BCUT2D eigenvalue weighted by molar-refractivity contribution is 9.10. The Labute approximate surface area is 145 Å². The Bertz CT molecular complexity index is 570. The van der Waals surface area contributed by atoms with Crippen LogP contribution in [0.4, 0.5) is 0 Å². The van der Waals surface area contributed by atoms with E-state index in [1.165, 1.54) is 0 Å². The molecule has 0 atom stereocenters. The number of nitrogens with zero attached hydrogens (tertiary/aromatic N) is 1. The van der Waals surface area contributed by atoms with Crippen molar-refractivity contribution in [1.82, 2.24) is 4.90 Å². The highest BCUT2D eigenvalue weighted by Gasteiger charge is 2.53. The lowest BCUT2D eigenvalue weighted by molar-refractivity contribution is -0.139. The van der Waals surface area contributed by atoms with Crippen molar-refractivity contribution in [2.75, 3.05) is 26.3 Å². The summed E-state index contributed by atoms with van der Waals surface area (Å²) in [5.41, 5.74) is 0.906. The Balaban J connectivity index is 1.41. The summed E-state index contributed by atoms with van der Waals surface area (Å²) < 4.78 is 12.3. The summed E-state index contributed by atoms with van der Waals surface area (Å²) in [6, 6.07) is 8.23.